The summed E-state index contributed by atoms with van der Waals surface area (Å²) in [7, 11) is 1.71. The second-order valence-corrected chi connectivity index (χ2v) is 8.20. The number of amides is 1. The van der Waals surface area contributed by atoms with Crippen LogP contribution in [-0.2, 0) is 17.9 Å². The van der Waals surface area contributed by atoms with Crippen molar-refractivity contribution in [2.75, 3.05) is 44.7 Å². The molecule has 7 heteroatoms. The largest absolute Gasteiger partial charge is 0.477 e. The van der Waals surface area contributed by atoms with E-state index in [-0.39, 0.29) is 23.7 Å². The average Bonchev–Trinajstić information content (AvgIpc) is 2.85. The minimum Gasteiger partial charge on any atom is -0.477 e. The standard InChI is InChI=1S/C26H29N3O4/c1-27(17-21-8-4-2-5-9-21)26(31)20-33-25-19-32-23(16-24(25)30)18-28-12-14-29(15-13-28)22-10-6-3-7-11-22/h2-11,16,19H,12-15,17-18,20H2,1H3. The van der Waals surface area contributed by atoms with Crippen LogP contribution < -0.4 is 15.1 Å². The molecule has 7 nitrogen and oxygen atoms in total. The summed E-state index contributed by atoms with van der Waals surface area (Å²) in [5, 5.41) is 0. The van der Waals surface area contributed by atoms with Crippen LogP contribution in [0, 0.1) is 0 Å². The Labute approximate surface area is 193 Å². The third-order valence-corrected chi connectivity index (χ3v) is 5.76. The molecule has 0 saturated carbocycles. The molecule has 3 aromatic rings. The van der Waals surface area contributed by atoms with E-state index in [2.05, 4.69) is 34.1 Å². The maximum absolute atomic E-state index is 12.5. The van der Waals surface area contributed by atoms with Gasteiger partial charge in [0.1, 0.15) is 12.0 Å². The van der Waals surface area contributed by atoms with Crippen molar-refractivity contribution in [1.29, 1.82) is 0 Å². The van der Waals surface area contributed by atoms with Gasteiger partial charge in [0.25, 0.3) is 5.91 Å². The summed E-state index contributed by atoms with van der Waals surface area (Å²) < 4.78 is 11.1. The molecular weight excluding hydrogens is 418 g/mol. The number of carbonyl (C=O) groups is 1. The maximum Gasteiger partial charge on any atom is 0.260 e. The van der Waals surface area contributed by atoms with Gasteiger partial charge in [0.15, 0.2) is 6.61 Å². The van der Waals surface area contributed by atoms with Crippen molar-refractivity contribution < 1.29 is 13.9 Å². The maximum atomic E-state index is 12.5. The lowest BCUT2D eigenvalue weighted by atomic mass is 10.2. The molecule has 1 aliphatic heterocycles. The van der Waals surface area contributed by atoms with E-state index in [1.807, 2.05) is 36.4 Å². The molecule has 1 fully saturated rings. The molecule has 0 N–H and O–H groups in total. The summed E-state index contributed by atoms with van der Waals surface area (Å²) in [5.41, 5.74) is 1.98. The van der Waals surface area contributed by atoms with Gasteiger partial charge in [-0.05, 0) is 17.7 Å². The van der Waals surface area contributed by atoms with Crippen molar-refractivity contribution in [2.24, 2.45) is 0 Å². The molecule has 1 amide bonds. The number of hydrogen-bond donors (Lipinski definition) is 0. The lowest BCUT2D eigenvalue weighted by Crippen LogP contribution is -2.46. The van der Waals surface area contributed by atoms with Crippen LogP contribution >= 0.6 is 0 Å². The Morgan fingerprint density at radius 3 is 2.33 bits per heavy atom. The molecule has 33 heavy (non-hydrogen) atoms. The Bertz CT molecular complexity index is 1090. The van der Waals surface area contributed by atoms with Crippen LogP contribution in [0.5, 0.6) is 5.75 Å². The van der Waals surface area contributed by atoms with Crippen LogP contribution in [-0.4, -0.2) is 55.5 Å². The topological polar surface area (TPSA) is 66.2 Å². The van der Waals surface area contributed by atoms with E-state index >= 15 is 0 Å². The number of likely N-dealkylation sites (N-methyl/N-ethyl adjacent to an activating group) is 1. The highest BCUT2D eigenvalue weighted by Crippen LogP contribution is 2.17. The normalized spacial score (nSPS) is 14.2. The first-order valence-corrected chi connectivity index (χ1v) is 11.1. The lowest BCUT2D eigenvalue weighted by molar-refractivity contribution is -0.132. The third-order valence-electron chi connectivity index (χ3n) is 5.76. The number of ether oxygens (including phenoxy) is 1. The Balaban J connectivity index is 1.25. The van der Waals surface area contributed by atoms with Gasteiger partial charge in [-0.1, -0.05) is 48.5 Å². The van der Waals surface area contributed by atoms with Crippen LogP contribution in [0.2, 0.25) is 0 Å². The molecular formula is C26H29N3O4. The monoisotopic (exact) mass is 447 g/mol. The van der Waals surface area contributed by atoms with Gasteiger partial charge in [-0.15, -0.1) is 0 Å². The number of benzene rings is 2. The second-order valence-electron chi connectivity index (χ2n) is 8.20. The van der Waals surface area contributed by atoms with Gasteiger partial charge in [-0.25, -0.2) is 0 Å². The molecule has 1 aliphatic rings. The molecule has 0 radical (unpaired) electrons. The SMILES string of the molecule is CN(Cc1ccccc1)C(=O)COc1coc(CN2CCN(c3ccccc3)CC2)cc1=O. The van der Waals surface area contributed by atoms with E-state index in [1.165, 1.54) is 18.0 Å². The number of carbonyl (C=O) groups excluding carboxylic acids is 1. The number of anilines is 1. The fourth-order valence-corrected chi connectivity index (χ4v) is 3.85. The van der Waals surface area contributed by atoms with E-state index in [0.717, 1.165) is 31.7 Å². The zero-order chi connectivity index (χ0) is 23.0. The van der Waals surface area contributed by atoms with Gasteiger partial charge in [-0.2, -0.15) is 0 Å². The Morgan fingerprint density at radius 2 is 1.67 bits per heavy atom. The van der Waals surface area contributed by atoms with Crippen LogP contribution in [0.4, 0.5) is 5.69 Å². The molecule has 0 unspecified atom stereocenters. The van der Waals surface area contributed by atoms with Gasteiger partial charge in [0.2, 0.25) is 11.2 Å². The van der Waals surface area contributed by atoms with E-state index in [1.54, 1.807) is 11.9 Å². The van der Waals surface area contributed by atoms with Crippen molar-refractivity contribution >= 4 is 11.6 Å². The molecule has 0 aliphatic carbocycles. The van der Waals surface area contributed by atoms with Crippen molar-refractivity contribution in [1.82, 2.24) is 9.80 Å². The van der Waals surface area contributed by atoms with Gasteiger partial charge in [0.05, 0.1) is 6.54 Å². The number of hydrogen-bond acceptors (Lipinski definition) is 6. The van der Waals surface area contributed by atoms with E-state index in [9.17, 15) is 9.59 Å². The Hall–Kier alpha value is -3.58. The van der Waals surface area contributed by atoms with Crippen LogP contribution in [0.3, 0.4) is 0 Å². The molecule has 172 valence electrons. The van der Waals surface area contributed by atoms with Gasteiger partial charge >= 0.3 is 0 Å². The Morgan fingerprint density at radius 1 is 1.00 bits per heavy atom. The molecule has 2 aromatic carbocycles. The molecule has 1 aromatic heterocycles. The van der Waals surface area contributed by atoms with Crippen LogP contribution in [0.1, 0.15) is 11.3 Å². The number of piperazine rings is 1. The van der Waals surface area contributed by atoms with Crippen molar-refractivity contribution in [3.63, 3.8) is 0 Å². The van der Waals surface area contributed by atoms with Crippen LogP contribution in [0.25, 0.3) is 0 Å². The summed E-state index contributed by atoms with van der Waals surface area (Å²) in [5.74, 6) is 0.431. The Kier molecular flexibility index (Phi) is 7.42. The number of rotatable bonds is 8. The smallest absolute Gasteiger partial charge is 0.260 e. The van der Waals surface area contributed by atoms with E-state index in [0.29, 0.717) is 18.8 Å². The highest BCUT2D eigenvalue weighted by Gasteiger charge is 2.19. The fraction of sp³-hybridized carbons (Fsp3) is 0.308. The first kappa shape index (κ1) is 22.6. The van der Waals surface area contributed by atoms with E-state index in [4.69, 9.17) is 9.15 Å². The predicted molar refractivity (Wildman–Crippen MR) is 127 cm³/mol. The number of nitrogens with zero attached hydrogens (tertiary/aromatic N) is 3. The average molecular weight is 448 g/mol. The first-order valence-electron chi connectivity index (χ1n) is 11.1. The zero-order valence-corrected chi connectivity index (χ0v) is 18.9. The van der Waals surface area contributed by atoms with Gasteiger partial charge in [-0.3, -0.25) is 14.5 Å². The summed E-state index contributed by atoms with van der Waals surface area (Å²) in [6.45, 7) is 4.46. The minimum atomic E-state index is -0.280. The second kappa shape index (κ2) is 10.8. The first-order chi connectivity index (χ1) is 16.1. The van der Waals surface area contributed by atoms with Crippen molar-refractivity contribution in [2.45, 2.75) is 13.1 Å². The number of para-hydroxylation sites is 1. The highest BCUT2D eigenvalue weighted by molar-refractivity contribution is 5.77. The zero-order valence-electron chi connectivity index (χ0n) is 18.9. The van der Waals surface area contributed by atoms with Crippen LogP contribution in [0.15, 0.2) is 82.2 Å². The lowest BCUT2D eigenvalue weighted by Gasteiger charge is -2.35. The molecule has 0 spiro atoms. The summed E-state index contributed by atoms with van der Waals surface area (Å²) >= 11 is 0. The van der Waals surface area contributed by atoms with Gasteiger partial charge < -0.3 is 19.0 Å². The molecule has 1 saturated heterocycles. The van der Waals surface area contributed by atoms with Crippen molar-refractivity contribution in [3.05, 3.63) is 94.5 Å². The molecule has 0 atom stereocenters. The molecule has 2 heterocycles. The van der Waals surface area contributed by atoms with Gasteiger partial charge in [0, 0.05) is 51.5 Å². The fourth-order valence-electron chi connectivity index (χ4n) is 3.85. The molecule has 4 rings (SSSR count). The summed E-state index contributed by atoms with van der Waals surface area (Å²) in [6, 6.07) is 21.5. The van der Waals surface area contributed by atoms with Crippen molar-refractivity contribution in [3.8, 4) is 5.75 Å². The van der Waals surface area contributed by atoms with E-state index < -0.39 is 0 Å². The molecule has 0 bridgehead atoms. The third kappa shape index (κ3) is 6.23. The minimum absolute atomic E-state index is 0.0501. The quantitative estimate of drug-likeness (QED) is 0.529. The highest BCUT2D eigenvalue weighted by atomic mass is 16.5. The summed E-state index contributed by atoms with van der Waals surface area (Å²) in [6.07, 6.45) is 1.31. The predicted octanol–water partition coefficient (Wildman–Crippen LogP) is 3.00. The summed E-state index contributed by atoms with van der Waals surface area (Å²) in [4.78, 5) is 31.0.